The first-order valence-electron chi connectivity index (χ1n) is 9.22. The van der Waals surface area contributed by atoms with E-state index in [-0.39, 0.29) is 38.2 Å². The van der Waals surface area contributed by atoms with Gasteiger partial charge >= 0.3 is 5.97 Å². The lowest BCUT2D eigenvalue weighted by atomic mass is 10.0. The first kappa shape index (κ1) is 22.7. The number of esters is 1. The molecule has 1 aromatic heterocycles. The maximum absolute atomic E-state index is 14.1. The number of anilines is 1. The van der Waals surface area contributed by atoms with Crippen molar-refractivity contribution in [3.8, 4) is 0 Å². The Balaban J connectivity index is 1.82. The summed E-state index contributed by atoms with van der Waals surface area (Å²) in [5.74, 6) is -2.66. The Bertz CT molecular complexity index is 1080. The lowest BCUT2D eigenvalue weighted by molar-refractivity contribution is -0.125. The number of nitrogens with zero attached hydrogens (tertiary/aromatic N) is 1. The van der Waals surface area contributed by atoms with E-state index in [0.29, 0.717) is 5.56 Å². The van der Waals surface area contributed by atoms with Gasteiger partial charge in [-0.2, -0.15) is 0 Å². The summed E-state index contributed by atoms with van der Waals surface area (Å²) in [5, 5.41) is 6.60. The number of halogens is 2. The van der Waals surface area contributed by atoms with Crippen LogP contribution in [0.4, 0.5) is 9.39 Å². The molecule has 1 aliphatic rings. The van der Waals surface area contributed by atoms with Crippen molar-refractivity contribution in [2.24, 2.45) is 10.9 Å². The van der Waals surface area contributed by atoms with E-state index in [0.717, 1.165) is 11.3 Å². The summed E-state index contributed by atoms with van der Waals surface area (Å²) >= 11 is 6.90. The third-order valence-corrected chi connectivity index (χ3v) is 5.90. The molecule has 0 aliphatic carbocycles. The highest BCUT2D eigenvalue weighted by Crippen LogP contribution is 2.34. The fraction of sp³-hybridized carbons (Fsp3) is 0.300. The van der Waals surface area contributed by atoms with Crippen molar-refractivity contribution in [3.63, 3.8) is 0 Å². The van der Waals surface area contributed by atoms with Crippen molar-refractivity contribution < 1.29 is 28.3 Å². The van der Waals surface area contributed by atoms with E-state index < -0.39 is 35.8 Å². The van der Waals surface area contributed by atoms with Crippen LogP contribution >= 0.6 is 22.9 Å². The van der Waals surface area contributed by atoms with E-state index >= 15 is 0 Å². The van der Waals surface area contributed by atoms with Crippen LogP contribution in [0.15, 0.2) is 23.4 Å². The molecule has 0 spiro atoms. The minimum absolute atomic E-state index is 0.0364. The van der Waals surface area contributed by atoms with Crippen LogP contribution < -0.4 is 11.1 Å². The molecule has 0 radical (unpaired) electrons. The van der Waals surface area contributed by atoms with E-state index in [9.17, 15) is 18.8 Å². The Kier molecular flexibility index (Phi) is 6.61. The van der Waals surface area contributed by atoms with E-state index in [1.165, 1.54) is 25.1 Å². The minimum Gasteiger partial charge on any atom is -0.459 e. The number of carbonyl (C=O) groups is 3. The van der Waals surface area contributed by atoms with Gasteiger partial charge in [-0.15, -0.1) is 11.3 Å². The predicted molar refractivity (Wildman–Crippen MR) is 114 cm³/mol. The van der Waals surface area contributed by atoms with Gasteiger partial charge in [0.25, 0.3) is 11.8 Å². The summed E-state index contributed by atoms with van der Waals surface area (Å²) < 4.78 is 19.3. The molecular weight excluding hydrogens is 449 g/mol. The number of rotatable bonds is 6. The maximum atomic E-state index is 14.1. The second-order valence-electron chi connectivity index (χ2n) is 7.00. The standard InChI is InChI=1S/C20H19ClFN3O5S/c1-8(2)29-20(28)14-9(3)16(17(23)26)31-19(14)24-18(27)13-7-12(25-30-13)15-10(21)5-4-6-11(15)22/h4-6,8,13H,7H2,1-3H3,(H2,23,26)(H,24,27). The van der Waals surface area contributed by atoms with E-state index in [4.69, 9.17) is 26.9 Å². The number of primary amides is 1. The monoisotopic (exact) mass is 467 g/mol. The summed E-state index contributed by atoms with van der Waals surface area (Å²) in [6.07, 6.45) is -1.53. The van der Waals surface area contributed by atoms with Crippen LogP contribution in [0, 0.1) is 12.7 Å². The largest absolute Gasteiger partial charge is 0.459 e. The molecule has 3 N–H and O–H groups in total. The van der Waals surface area contributed by atoms with Crippen molar-refractivity contribution in [2.45, 2.75) is 39.4 Å². The fourth-order valence-electron chi connectivity index (χ4n) is 2.99. The van der Waals surface area contributed by atoms with Crippen molar-refractivity contribution in [3.05, 3.63) is 50.6 Å². The highest BCUT2D eigenvalue weighted by atomic mass is 35.5. The number of ether oxygens (including phenoxy) is 1. The summed E-state index contributed by atoms with van der Waals surface area (Å²) in [5.41, 5.74) is 5.97. The van der Waals surface area contributed by atoms with Crippen molar-refractivity contribution >= 4 is 51.4 Å². The molecule has 0 fully saturated rings. The maximum Gasteiger partial charge on any atom is 0.341 e. The quantitative estimate of drug-likeness (QED) is 0.628. The molecule has 1 aliphatic heterocycles. The van der Waals surface area contributed by atoms with Gasteiger partial charge in [-0.1, -0.05) is 22.8 Å². The lowest BCUT2D eigenvalue weighted by Gasteiger charge is -2.12. The molecule has 1 aromatic carbocycles. The molecule has 11 heteroatoms. The van der Waals surface area contributed by atoms with Gasteiger partial charge in [0.15, 0.2) is 0 Å². The number of thiophene rings is 1. The number of oxime groups is 1. The molecule has 164 valence electrons. The van der Waals surface area contributed by atoms with E-state index in [2.05, 4.69) is 10.5 Å². The molecule has 1 atom stereocenters. The zero-order valence-corrected chi connectivity index (χ0v) is 18.4. The fourth-order valence-corrected chi connectivity index (χ4v) is 4.31. The number of carbonyl (C=O) groups excluding carboxylic acids is 3. The van der Waals surface area contributed by atoms with Crippen molar-refractivity contribution in [1.29, 1.82) is 0 Å². The van der Waals surface area contributed by atoms with E-state index in [1.54, 1.807) is 13.8 Å². The van der Waals surface area contributed by atoms with Crippen LogP contribution in [0.5, 0.6) is 0 Å². The Labute approximate surface area is 186 Å². The average molecular weight is 468 g/mol. The summed E-state index contributed by atoms with van der Waals surface area (Å²) in [6.45, 7) is 4.88. The molecule has 8 nitrogen and oxygen atoms in total. The molecule has 0 saturated carbocycles. The Hall–Kier alpha value is -2.98. The first-order valence-corrected chi connectivity index (χ1v) is 10.4. The van der Waals surface area contributed by atoms with Crippen LogP contribution in [0.25, 0.3) is 0 Å². The van der Waals surface area contributed by atoms with Gasteiger partial charge in [0.2, 0.25) is 6.10 Å². The molecular formula is C20H19ClFN3O5S. The van der Waals surface area contributed by atoms with Crippen LogP contribution in [0.3, 0.4) is 0 Å². The summed E-state index contributed by atoms with van der Waals surface area (Å²) in [4.78, 5) is 42.3. The molecule has 2 heterocycles. The van der Waals surface area contributed by atoms with Gasteiger partial charge < -0.3 is 20.6 Å². The minimum atomic E-state index is -1.08. The lowest BCUT2D eigenvalue weighted by Crippen LogP contribution is -2.28. The predicted octanol–water partition coefficient (Wildman–Crippen LogP) is 3.64. The second kappa shape index (κ2) is 9.03. The SMILES string of the molecule is Cc1c(C(N)=O)sc(NC(=O)C2CC(c3c(F)cccc3Cl)=NO2)c1C(=O)OC(C)C. The molecule has 3 rings (SSSR count). The third kappa shape index (κ3) is 4.70. The Morgan fingerprint density at radius 3 is 2.71 bits per heavy atom. The highest BCUT2D eigenvalue weighted by Gasteiger charge is 2.33. The van der Waals surface area contributed by atoms with E-state index in [1.807, 2.05) is 0 Å². The van der Waals surface area contributed by atoms with Crippen LogP contribution in [0.1, 0.15) is 51.4 Å². The van der Waals surface area contributed by atoms with Gasteiger partial charge in [0.05, 0.1) is 32.8 Å². The number of nitrogens with one attached hydrogen (secondary N) is 1. The topological polar surface area (TPSA) is 120 Å². The van der Waals surface area contributed by atoms with Gasteiger partial charge in [-0.05, 0) is 38.5 Å². The molecule has 2 amide bonds. The number of amides is 2. The normalized spacial score (nSPS) is 15.4. The van der Waals surface area contributed by atoms with Gasteiger partial charge in [0, 0.05) is 6.42 Å². The summed E-state index contributed by atoms with van der Waals surface area (Å²) in [7, 11) is 0. The number of hydrogen-bond acceptors (Lipinski definition) is 7. The molecule has 2 aromatic rings. The summed E-state index contributed by atoms with van der Waals surface area (Å²) in [6, 6.07) is 4.18. The Morgan fingerprint density at radius 2 is 2.10 bits per heavy atom. The first-order chi connectivity index (χ1) is 14.6. The van der Waals surface area contributed by atoms with Crippen molar-refractivity contribution in [2.75, 3.05) is 5.32 Å². The smallest absolute Gasteiger partial charge is 0.341 e. The molecule has 1 unspecified atom stereocenters. The van der Waals surface area contributed by atoms with Crippen LogP contribution in [-0.4, -0.2) is 35.7 Å². The molecule has 31 heavy (non-hydrogen) atoms. The number of nitrogens with two attached hydrogens (primary N) is 1. The third-order valence-electron chi connectivity index (χ3n) is 4.37. The highest BCUT2D eigenvalue weighted by molar-refractivity contribution is 7.18. The zero-order valence-electron chi connectivity index (χ0n) is 16.8. The zero-order chi connectivity index (χ0) is 22.9. The average Bonchev–Trinajstić information content (AvgIpc) is 3.26. The van der Waals surface area contributed by atoms with Gasteiger partial charge in [-0.3, -0.25) is 9.59 Å². The van der Waals surface area contributed by atoms with Gasteiger partial charge in [-0.25, -0.2) is 9.18 Å². The van der Waals surface area contributed by atoms with Gasteiger partial charge in [0.1, 0.15) is 10.8 Å². The molecule has 0 saturated heterocycles. The second-order valence-corrected chi connectivity index (χ2v) is 8.43. The molecule has 0 bridgehead atoms. The number of benzene rings is 1. The van der Waals surface area contributed by atoms with Crippen molar-refractivity contribution in [1.82, 2.24) is 0 Å². The Morgan fingerprint density at radius 1 is 1.39 bits per heavy atom. The number of hydrogen-bond donors (Lipinski definition) is 2. The van der Waals surface area contributed by atoms with Crippen LogP contribution in [0.2, 0.25) is 5.02 Å². The van der Waals surface area contributed by atoms with Crippen LogP contribution in [-0.2, 0) is 14.4 Å².